The second kappa shape index (κ2) is 10.3. The molecule has 0 bridgehead atoms. The topological polar surface area (TPSA) is 106 Å². The predicted octanol–water partition coefficient (Wildman–Crippen LogP) is 1.77. The van der Waals surface area contributed by atoms with Gasteiger partial charge in [0.25, 0.3) is 17.6 Å². The molecule has 1 aromatic heterocycles. The van der Waals surface area contributed by atoms with Crippen molar-refractivity contribution in [3.05, 3.63) is 58.8 Å². The summed E-state index contributed by atoms with van der Waals surface area (Å²) in [5.74, 6) is -0.657. The molecule has 2 aliphatic heterocycles. The summed E-state index contributed by atoms with van der Waals surface area (Å²) in [5, 5.41) is 0. The Morgan fingerprint density at radius 2 is 1.74 bits per heavy atom. The van der Waals surface area contributed by atoms with Crippen LogP contribution in [0.25, 0.3) is 0 Å². The van der Waals surface area contributed by atoms with Crippen LogP contribution in [0.2, 0.25) is 0 Å². The standard InChI is InChI=1S/C26H32N4O4/c1-17-11-23(34-16-22(31)25(27)32)28-18(2)24(17)26(33)30-14-20-12-29(13-21(20)15-30)10-6-9-19-7-4-3-5-8-19/h3-5,7-8,11,20-21H,6,9-10,12-16H2,1-2H3,(H2,27,32)/t20-,21?/m0/s1. The first-order valence-corrected chi connectivity index (χ1v) is 11.8. The van der Waals surface area contributed by atoms with E-state index in [-0.39, 0.29) is 11.8 Å². The monoisotopic (exact) mass is 464 g/mol. The van der Waals surface area contributed by atoms with Crippen molar-refractivity contribution in [2.24, 2.45) is 17.6 Å². The fraction of sp³-hybridized carbons (Fsp3) is 0.462. The molecule has 0 saturated carbocycles. The molecule has 2 amide bonds. The molecule has 8 nitrogen and oxygen atoms in total. The summed E-state index contributed by atoms with van der Waals surface area (Å²) in [4.78, 5) is 44.4. The summed E-state index contributed by atoms with van der Waals surface area (Å²) in [5.41, 5.74) is 8.19. The zero-order chi connectivity index (χ0) is 24.2. The van der Waals surface area contributed by atoms with Gasteiger partial charge in [-0.25, -0.2) is 4.98 Å². The van der Waals surface area contributed by atoms with Crippen molar-refractivity contribution in [3.63, 3.8) is 0 Å². The zero-order valence-corrected chi connectivity index (χ0v) is 19.8. The number of carbonyl (C=O) groups is 3. The van der Waals surface area contributed by atoms with Crippen LogP contribution in [-0.4, -0.2) is 71.7 Å². The number of hydrogen-bond acceptors (Lipinski definition) is 6. The summed E-state index contributed by atoms with van der Waals surface area (Å²) in [6.07, 6.45) is 2.24. The van der Waals surface area contributed by atoms with E-state index in [1.807, 2.05) is 17.9 Å². The molecular formula is C26H32N4O4. The highest BCUT2D eigenvalue weighted by atomic mass is 16.5. The third kappa shape index (κ3) is 5.44. The summed E-state index contributed by atoms with van der Waals surface area (Å²) in [6, 6.07) is 12.2. The van der Waals surface area contributed by atoms with Gasteiger partial charge in [-0.1, -0.05) is 30.3 Å². The van der Waals surface area contributed by atoms with Crippen LogP contribution in [0.3, 0.4) is 0 Å². The maximum atomic E-state index is 13.3. The van der Waals surface area contributed by atoms with E-state index in [9.17, 15) is 14.4 Å². The fourth-order valence-electron chi connectivity index (χ4n) is 5.15. The number of likely N-dealkylation sites (tertiary alicyclic amines) is 2. The second-order valence-corrected chi connectivity index (χ2v) is 9.39. The average Bonchev–Trinajstić information content (AvgIpc) is 3.36. The summed E-state index contributed by atoms with van der Waals surface area (Å²) < 4.78 is 5.29. The lowest BCUT2D eigenvalue weighted by Crippen LogP contribution is -2.34. The minimum atomic E-state index is -1.05. The third-order valence-corrected chi connectivity index (χ3v) is 6.85. The molecule has 4 rings (SSSR count). The smallest absolute Gasteiger partial charge is 0.288 e. The molecule has 34 heavy (non-hydrogen) atoms. The van der Waals surface area contributed by atoms with Crippen LogP contribution >= 0.6 is 0 Å². The molecule has 180 valence electrons. The Bertz CT molecular complexity index is 1030. The molecule has 8 heteroatoms. The van der Waals surface area contributed by atoms with Crippen LogP contribution in [0.4, 0.5) is 0 Å². The molecule has 3 heterocycles. The number of ketones is 1. The number of Topliss-reactive ketones (excluding diaryl/α,β-unsaturated/α-hetero) is 1. The average molecular weight is 465 g/mol. The number of hydrogen-bond donors (Lipinski definition) is 1. The van der Waals surface area contributed by atoms with Crippen molar-refractivity contribution in [3.8, 4) is 5.88 Å². The zero-order valence-electron chi connectivity index (χ0n) is 19.8. The quantitative estimate of drug-likeness (QED) is 0.567. The third-order valence-electron chi connectivity index (χ3n) is 6.85. The minimum absolute atomic E-state index is 0.00714. The molecule has 2 atom stereocenters. The number of carbonyl (C=O) groups excluding carboxylic acids is 3. The Hall–Kier alpha value is -3.26. The lowest BCUT2D eigenvalue weighted by molar-refractivity contribution is -0.137. The number of primary amides is 1. The first-order valence-electron chi connectivity index (χ1n) is 11.8. The molecule has 0 radical (unpaired) electrons. The minimum Gasteiger partial charge on any atom is -0.469 e. The first-order chi connectivity index (χ1) is 16.3. The molecule has 2 saturated heterocycles. The number of benzene rings is 1. The summed E-state index contributed by atoms with van der Waals surface area (Å²) >= 11 is 0. The highest BCUT2D eigenvalue weighted by Crippen LogP contribution is 2.33. The van der Waals surface area contributed by atoms with Gasteiger partial charge in [0.05, 0.1) is 11.3 Å². The van der Waals surface area contributed by atoms with Crippen LogP contribution in [0.1, 0.15) is 33.6 Å². The van der Waals surface area contributed by atoms with E-state index in [0.717, 1.165) is 51.1 Å². The van der Waals surface area contributed by atoms with E-state index in [0.29, 0.717) is 23.1 Å². The Labute approximate surface area is 200 Å². The van der Waals surface area contributed by atoms with Gasteiger partial charge in [-0.05, 0) is 56.2 Å². The van der Waals surface area contributed by atoms with E-state index in [4.69, 9.17) is 10.5 Å². The highest BCUT2D eigenvalue weighted by Gasteiger charge is 2.41. The molecule has 1 aromatic carbocycles. The summed E-state index contributed by atoms with van der Waals surface area (Å²) in [6.45, 7) is 7.83. The van der Waals surface area contributed by atoms with Crippen molar-refractivity contribution in [2.75, 3.05) is 39.3 Å². The Kier molecular flexibility index (Phi) is 7.26. The maximum absolute atomic E-state index is 13.3. The highest BCUT2D eigenvalue weighted by molar-refractivity contribution is 6.36. The Morgan fingerprint density at radius 3 is 2.35 bits per heavy atom. The largest absolute Gasteiger partial charge is 0.469 e. The van der Waals surface area contributed by atoms with Gasteiger partial charge in [0.15, 0.2) is 6.61 Å². The molecule has 2 aliphatic rings. The fourth-order valence-corrected chi connectivity index (χ4v) is 5.15. The number of aromatic nitrogens is 1. The number of amides is 2. The molecule has 2 aromatic rings. The Balaban J connectivity index is 1.30. The number of nitrogens with two attached hydrogens (primary N) is 1. The Morgan fingerprint density at radius 1 is 1.06 bits per heavy atom. The van der Waals surface area contributed by atoms with E-state index < -0.39 is 18.3 Å². The maximum Gasteiger partial charge on any atom is 0.288 e. The number of nitrogens with zero attached hydrogens (tertiary/aromatic N) is 3. The number of pyridine rings is 1. The molecular weight excluding hydrogens is 432 g/mol. The van der Waals surface area contributed by atoms with Gasteiger partial charge in [-0.2, -0.15) is 0 Å². The van der Waals surface area contributed by atoms with Crippen molar-refractivity contribution in [1.29, 1.82) is 0 Å². The van der Waals surface area contributed by atoms with Crippen LogP contribution in [0.15, 0.2) is 36.4 Å². The summed E-state index contributed by atoms with van der Waals surface area (Å²) in [7, 11) is 0. The first kappa shape index (κ1) is 23.9. The number of ether oxygens (including phenoxy) is 1. The van der Waals surface area contributed by atoms with Crippen molar-refractivity contribution in [1.82, 2.24) is 14.8 Å². The van der Waals surface area contributed by atoms with Crippen LogP contribution < -0.4 is 10.5 Å². The predicted molar refractivity (Wildman–Crippen MR) is 127 cm³/mol. The normalized spacial score (nSPS) is 19.8. The van der Waals surface area contributed by atoms with Crippen molar-refractivity contribution in [2.45, 2.75) is 26.7 Å². The van der Waals surface area contributed by atoms with E-state index in [1.54, 1.807) is 13.0 Å². The van der Waals surface area contributed by atoms with E-state index in [2.05, 4.69) is 34.1 Å². The van der Waals surface area contributed by atoms with Crippen molar-refractivity contribution < 1.29 is 19.1 Å². The van der Waals surface area contributed by atoms with Crippen LogP contribution in [-0.2, 0) is 16.0 Å². The van der Waals surface area contributed by atoms with Gasteiger partial charge in [-0.3, -0.25) is 14.4 Å². The lowest BCUT2D eigenvalue weighted by Gasteiger charge is -2.23. The molecule has 2 fully saturated rings. The van der Waals surface area contributed by atoms with Gasteiger partial charge < -0.3 is 20.3 Å². The SMILES string of the molecule is Cc1cc(OCC(=O)C(N)=O)nc(C)c1C(=O)N1CC2CN(CCCc3ccccc3)C[C@H]2C1. The van der Waals surface area contributed by atoms with Gasteiger partial charge in [0.1, 0.15) is 0 Å². The van der Waals surface area contributed by atoms with Gasteiger partial charge >= 0.3 is 0 Å². The van der Waals surface area contributed by atoms with Crippen LogP contribution in [0.5, 0.6) is 5.88 Å². The molecule has 2 N–H and O–H groups in total. The molecule has 1 unspecified atom stereocenters. The number of fused-ring (bicyclic) bond motifs is 1. The van der Waals surface area contributed by atoms with Crippen molar-refractivity contribution >= 4 is 17.6 Å². The molecule has 0 spiro atoms. The van der Waals surface area contributed by atoms with Gasteiger partial charge in [-0.15, -0.1) is 0 Å². The van der Waals surface area contributed by atoms with E-state index in [1.165, 1.54) is 5.56 Å². The lowest BCUT2D eigenvalue weighted by atomic mass is 10.0. The number of aryl methyl sites for hydroxylation is 3. The second-order valence-electron chi connectivity index (χ2n) is 9.39. The molecule has 0 aliphatic carbocycles. The van der Waals surface area contributed by atoms with Gasteiger partial charge in [0.2, 0.25) is 5.88 Å². The van der Waals surface area contributed by atoms with Gasteiger partial charge in [0, 0.05) is 32.2 Å². The van der Waals surface area contributed by atoms with E-state index >= 15 is 0 Å². The van der Waals surface area contributed by atoms with Crippen LogP contribution in [0, 0.1) is 25.7 Å². The number of rotatable bonds is 9.